The van der Waals surface area contributed by atoms with Gasteiger partial charge in [-0.15, -0.1) is 0 Å². The van der Waals surface area contributed by atoms with Gasteiger partial charge in [-0.2, -0.15) is 0 Å². The number of hydrogen-bond acceptors (Lipinski definition) is 2. The summed E-state index contributed by atoms with van der Waals surface area (Å²) in [6, 6.07) is 9.25. The molecular weight excluding hydrogens is 196 g/mol. The summed E-state index contributed by atoms with van der Waals surface area (Å²) in [4.78, 5) is 0. The van der Waals surface area contributed by atoms with Crippen LogP contribution < -0.4 is 11.3 Å². The molecule has 86 valence electrons. The van der Waals surface area contributed by atoms with E-state index in [2.05, 4.69) is 29.7 Å². The van der Waals surface area contributed by atoms with E-state index in [-0.39, 0.29) is 0 Å². The number of nitrogens with two attached hydrogens (primary N) is 1. The largest absolute Gasteiger partial charge is 0.271 e. The minimum absolute atomic E-state index is 0.386. The topological polar surface area (TPSA) is 38.0 Å². The number of rotatable bonds is 4. The highest BCUT2D eigenvalue weighted by molar-refractivity contribution is 5.35. The van der Waals surface area contributed by atoms with E-state index >= 15 is 0 Å². The monoisotopic (exact) mass is 216 g/mol. The van der Waals surface area contributed by atoms with E-state index in [0.29, 0.717) is 6.04 Å². The van der Waals surface area contributed by atoms with E-state index in [0.717, 1.165) is 11.8 Å². The predicted molar refractivity (Wildman–Crippen MR) is 65.8 cm³/mol. The molecule has 2 fully saturated rings. The van der Waals surface area contributed by atoms with Crippen molar-refractivity contribution in [3.63, 3.8) is 0 Å². The van der Waals surface area contributed by atoms with Crippen LogP contribution in [0.3, 0.4) is 0 Å². The lowest BCUT2D eigenvalue weighted by atomic mass is 9.77. The van der Waals surface area contributed by atoms with Gasteiger partial charge in [-0.05, 0) is 48.6 Å². The van der Waals surface area contributed by atoms with Crippen LogP contribution in [0.5, 0.6) is 0 Å². The summed E-state index contributed by atoms with van der Waals surface area (Å²) in [6.45, 7) is 0. The smallest absolute Gasteiger partial charge is 0.0490 e. The molecule has 0 aromatic heterocycles. The van der Waals surface area contributed by atoms with Crippen molar-refractivity contribution in [1.82, 2.24) is 5.43 Å². The molecule has 1 aromatic rings. The molecule has 0 spiro atoms. The van der Waals surface area contributed by atoms with Crippen LogP contribution in [0.1, 0.15) is 55.2 Å². The fourth-order valence-electron chi connectivity index (χ4n) is 2.79. The summed E-state index contributed by atoms with van der Waals surface area (Å²) in [5.74, 6) is 7.29. The molecule has 2 heteroatoms. The maximum Gasteiger partial charge on any atom is 0.0490 e. The Hall–Kier alpha value is -0.860. The van der Waals surface area contributed by atoms with Gasteiger partial charge in [0.15, 0.2) is 0 Å². The molecule has 3 rings (SSSR count). The van der Waals surface area contributed by atoms with E-state index in [9.17, 15) is 0 Å². The molecule has 2 aliphatic carbocycles. The van der Waals surface area contributed by atoms with Crippen molar-refractivity contribution in [1.29, 1.82) is 0 Å². The Kier molecular flexibility index (Phi) is 2.70. The molecule has 16 heavy (non-hydrogen) atoms. The first-order chi connectivity index (χ1) is 7.90. The molecule has 1 unspecified atom stereocenters. The van der Waals surface area contributed by atoms with Gasteiger partial charge in [-0.1, -0.05) is 30.7 Å². The molecule has 0 radical (unpaired) electrons. The van der Waals surface area contributed by atoms with Gasteiger partial charge in [0.25, 0.3) is 0 Å². The van der Waals surface area contributed by atoms with Crippen LogP contribution in [0.2, 0.25) is 0 Å². The molecular formula is C14H20N2. The van der Waals surface area contributed by atoms with Gasteiger partial charge in [-0.3, -0.25) is 11.3 Å². The van der Waals surface area contributed by atoms with Gasteiger partial charge in [0, 0.05) is 6.04 Å². The van der Waals surface area contributed by atoms with Crippen molar-refractivity contribution in [3.05, 3.63) is 35.4 Å². The normalized spacial score (nSPS) is 22.8. The molecule has 0 aliphatic heterocycles. The molecule has 0 heterocycles. The Morgan fingerprint density at radius 2 is 1.88 bits per heavy atom. The van der Waals surface area contributed by atoms with E-state index in [1.54, 1.807) is 5.56 Å². The van der Waals surface area contributed by atoms with Crippen molar-refractivity contribution in [2.24, 2.45) is 11.8 Å². The number of hydrogen-bond donors (Lipinski definition) is 2. The van der Waals surface area contributed by atoms with E-state index < -0.39 is 0 Å². The second kappa shape index (κ2) is 4.19. The van der Waals surface area contributed by atoms with E-state index in [1.165, 1.54) is 37.7 Å². The van der Waals surface area contributed by atoms with Crippen LogP contribution in [0.15, 0.2) is 24.3 Å². The molecule has 0 bridgehead atoms. The second-order valence-corrected chi connectivity index (χ2v) is 5.24. The number of benzene rings is 1. The van der Waals surface area contributed by atoms with Crippen LogP contribution in [-0.2, 0) is 0 Å². The summed E-state index contributed by atoms with van der Waals surface area (Å²) >= 11 is 0. The molecule has 2 saturated carbocycles. The Labute approximate surface area is 97.2 Å². The number of hydrazine groups is 1. The molecule has 2 aliphatic rings. The van der Waals surface area contributed by atoms with E-state index in [4.69, 9.17) is 5.84 Å². The molecule has 1 atom stereocenters. The van der Waals surface area contributed by atoms with Gasteiger partial charge in [0.2, 0.25) is 0 Å². The minimum Gasteiger partial charge on any atom is -0.271 e. The zero-order valence-corrected chi connectivity index (χ0v) is 9.65. The Balaban J connectivity index is 1.91. The Bertz CT molecular complexity index is 367. The molecule has 0 amide bonds. The summed E-state index contributed by atoms with van der Waals surface area (Å²) in [5, 5.41) is 0. The van der Waals surface area contributed by atoms with Gasteiger partial charge in [-0.25, -0.2) is 0 Å². The first-order valence-corrected chi connectivity index (χ1v) is 6.45. The van der Waals surface area contributed by atoms with Crippen molar-refractivity contribution in [3.8, 4) is 0 Å². The van der Waals surface area contributed by atoms with Crippen LogP contribution in [0, 0.1) is 5.92 Å². The Morgan fingerprint density at radius 1 is 1.12 bits per heavy atom. The van der Waals surface area contributed by atoms with Crippen molar-refractivity contribution in [2.75, 3.05) is 0 Å². The second-order valence-electron chi connectivity index (χ2n) is 5.24. The predicted octanol–water partition coefficient (Wildman–Crippen LogP) is 2.87. The standard InChI is InChI=1S/C14H20N2/c15-16-14(11-8-9-11)13-7-2-1-6-12(13)10-4-3-5-10/h1-2,6-7,10-11,14,16H,3-5,8-9,15H2. The highest BCUT2D eigenvalue weighted by Gasteiger charge is 2.34. The molecule has 1 aromatic carbocycles. The average Bonchev–Trinajstić information content (AvgIpc) is 3.03. The summed E-state index contributed by atoms with van der Waals surface area (Å²) in [6.07, 6.45) is 6.77. The SMILES string of the molecule is NNC(c1ccccc1C1CCC1)C1CC1. The summed E-state index contributed by atoms with van der Waals surface area (Å²) < 4.78 is 0. The van der Waals surface area contributed by atoms with Crippen molar-refractivity contribution < 1.29 is 0 Å². The first-order valence-electron chi connectivity index (χ1n) is 6.45. The third-order valence-electron chi connectivity index (χ3n) is 4.15. The fourth-order valence-corrected chi connectivity index (χ4v) is 2.79. The molecule has 0 saturated heterocycles. The summed E-state index contributed by atoms with van der Waals surface area (Å²) in [5.41, 5.74) is 6.02. The van der Waals surface area contributed by atoms with Crippen molar-refractivity contribution in [2.45, 2.75) is 44.1 Å². The van der Waals surface area contributed by atoms with Crippen LogP contribution in [-0.4, -0.2) is 0 Å². The maximum atomic E-state index is 5.72. The minimum atomic E-state index is 0.386. The maximum absolute atomic E-state index is 5.72. The van der Waals surface area contributed by atoms with Gasteiger partial charge in [0.05, 0.1) is 0 Å². The van der Waals surface area contributed by atoms with Crippen LogP contribution >= 0.6 is 0 Å². The lowest BCUT2D eigenvalue weighted by Gasteiger charge is -2.30. The molecule has 2 nitrogen and oxygen atoms in total. The first kappa shape index (κ1) is 10.3. The average molecular weight is 216 g/mol. The zero-order chi connectivity index (χ0) is 11.0. The van der Waals surface area contributed by atoms with Crippen LogP contribution in [0.25, 0.3) is 0 Å². The zero-order valence-electron chi connectivity index (χ0n) is 9.65. The van der Waals surface area contributed by atoms with Gasteiger partial charge < -0.3 is 0 Å². The fraction of sp³-hybridized carbons (Fsp3) is 0.571. The highest BCUT2D eigenvalue weighted by Crippen LogP contribution is 2.45. The van der Waals surface area contributed by atoms with Gasteiger partial charge >= 0.3 is 0 Å². The summed E-state index contributed by atoms with van der Waals surface area (Å²) in [7, 11) is 0. The van der Waals surface area contributed by atoms with Gasteiger partial charge in [0.1, 0.15) is 0 Å². The third kappa shape index (κ3) is 1.76. The van der Waals surface area contributed by atoms with Crippen molar-refractivity contribution >= 4 is 0 Å². The highest BCUT2D eigenvalue weighted by atomic mass is 15.2. The quantitative estimate of drug-likeness (QED) is 0.600. The lowest BCUT2D eigenvalue weighted by molar-refractivity contribution is 0.407. The van der Waals surface area contributed by atoms with Crippen LogP contribution in [0.4, 0.5) is 0 Å². The molecule has 3 N–H and O–H groups in total. The third-order valence-corrected chi connectivity index (χ3v) is 4.15. The lowest BCUT2D eigenvalue weighted by Crippen LogP contribution is -2.30. The van der Waals surface area contributed by atoms with E-state index in [1.807, 2.05) is 0 Å². The Morgan fingerprint density at radius 3 is 2.44 bits per heavy atom. The number of nitrogens with one attached hydrogen (secondary N) is 1.